The van der Waals surface area contributed by atoms with Gasteiger partial charge in [0.2, 0.25) is 0 Å². The molecule has 0 radical (unpaired) electrons. The van der Waals surface area contributed by atoms with Crippen molar-refractivity contribution in [3.05, 3.63) is 0 Å². The smallest absolute Gasteiger partial charge is 0.352 e. The maximum absolute atomic E-state index is 5.15. The predicted octanol–water partition coefficient (Wildman–Crippen LogP) is 1.29. The minimum atomic E-state index is 0.0903. The summed E-state index contributed by atoms with van der Waals surface area (Å²) in [5.41, 5.74) is 0. The first kappa shape index (κ1) is 9.56. The number of thioether (sulfide) groups is 1. The van der Waals surface area contributed by atoms with E-state index in [9.17, 15) is 0 Å². The van der Waals surface area contributed by atoms with Crippen LogP contribution in [-0.2, 0) is 9.47 Å². The standard InChI is InChI=1S/C6H11O2PS2/c1-11-6(4-9)2-7-5(10)8-3-6/h2-4,9H2,1H3. The lowest BCUT2D eigenvalue weighted by Crippen LogP contribution is -2.43. The van der Waals surface area contributed by atoms with Gasteiger partial charge in [-0.25, -0.2) is 0 Å². The Balaban J connectivity index is 2.52. The van der Waals surface area contributed by atoms with Crippen LogP contribution < -0.4 is 0 Å². The molecular formula is C6H11O2PS2. The molecule has 1 unspecified atom stereocenters. The van der Waals surface area contributed by atoms with E-state index in [0.29, 0.717) is 13.2 Å². The lowest BCUT2D eigenvalue weighted by atomic mass is 10.2. The van der Waals surface area contributed by atoms with Gasteiger partial charge in [0, 0.05) is 12.2 Å². The van der Waals surface area contributed by atoms with Crippen LogP contribution in [-0.4, -0.2) is 35.6 Å². The molecule has 1 fully saturated rings. The van der Waals surface area contributed by atoms with Gasteiger partial charge in [-0.3, -0.25) is 0 Å². The van der Waals surface area contributed by atoms with Crippen molar-refractivity contribution in [3.8, 4) is 0 Å². The summed E-state index contributed by atoms with van der Waals surface area (Å²) >= 11 is 6.51. The van der Waals surface area contributed by atoms with Crippen LogP contribution in [0.5, 0.6) is 0 Å². The first-order valence-corrected chi connectivity index (χ1v) is 5.72. The zero-order chi connectivity index (χ0) is 8.32. The zero-order valence-electron chi connectivity index (χ0n) is 6.33. The van der Waals surface area contributed by atoms with Crippen molar-refractivity contribution in [2.45, 2.75) is 4.75 Å². The third-order valence-corrected chi connectivity index (χ3v) is 4.29. The molecule has 2 nitrogen and oxygen atoms in total. The number of thiocarbonyl (C=S) groups is 1. The highest BCUT2D eigenvalue weighted by Crippen LogP contribution is 2.29. The van der Waals surface area contributed by atoms with Gasteiger partial charge in [0.05, 0.1) is 4.75 Å². The molecule has 11 heavy (non-hydrogen) atoms. The summed E-state index contributed by atoms with van der Waals surface area (Å²) < 4.78 is 10.4. The van der Waals surface area contributed by atoms with E-state index in [1.165, 1.54) is 0 Å². The number of hydrogen-bond donors (Lipinski definition) is 0. The zero-order valence-corrected chi connectivity index (χ0v) is 9.12. The number of rotatable bonds is 2. The summed E-state index contributed by atoms with van der Waals surface area (Å²) in [6.07, 6.45) is 3.03. The maximum Gasteiger partial charge on any atom is 0.352 e. The minimum Gasteiger partial charge on any atom is -0.455 e. The van der Waals surface area contributed by atoms with Crippen molar-refractivity contribution >= 4 is 38.5 Å². The van der Waals surface area contributed by atoms with Crippen LogP contribution in [0.15, 0.2) is 0 Å². The normalized spacial score (nSPS) is 22.2. The molecule has 0 aromatic carbocycles. The fraction of sp³-hybridized carbons (Fsp3) is 0.833. The van der Waals surface area contributed by atoms with Crippen molar-refractivity contribution in [2.75, 3.05) is 25.6 Å². The van der Waals surface area contributed by atoms with E-state index in [4.69, 9.17) is 21.7 Å². The summed E-state index contributed by atoms with van der Waals surface area (Å²) in [6, 6.07) is 0. The van der Waals surface area contributed by atoms with E-state index >= 15 is 0 Å². The van der Waals surface area contributed by atoms with Crippen molar-refractivity contribution in [1.29, 1.82) is 0 Å². The average Bonchev–Trinajstić information content (AvgIpc) is 2.07. The topological polar surface area (TPSA) is 18.5 Å². The average molecular weight is 210 g/mol. The molecule has 1 atom stereocenters. The highest BCUT2D eigenvalue weighted by molar-refractivity contribution is 8.00. The van der Waals surface area contributed by atoms with Crippen molar-refractivity contribution in [1.82, 2.24) is 0 Å². The van der Waals surface area contributed by atoms with Gasteiger partial charge in [-0.05, 0) is 12.4 Å². The van der Waals surface area contributed by atoms with Crippen LogP contribution in [0.3, 0.4) is 0 Å². The molecule has 1 aliphatic heterocycles. The molecule has 0 aromatic rings. The predicted molar refractivity (Wildman–Crippen MR) is 55.3 cm³/mol. The fourth-order valence-electron chi connectivity index (χ4n) is 0.783. The summed E-state index contributed by atoms with van der Waals surface area (Å²) in [7, 11) is 2.71. The van der Waals surface area contributed by atoms with Gasteiger partial charge >= 0.3 is 5.24 Å². The molecule has 0 aliphatic carbocycles. The van der Waals surface area contributed by atoms with Gasteiger partial charge < -0.3 is 9.47 Å². The first-order valence-electron chi connectivity index (χ1n) is 3.27. The van der Waals surface area contributed by atoms with Gasteiger partial charge in [0.25, 0.3) is 0 Å². The molecule has 0 spiro atoms. The van der Waals surface area contributed by atoms with Gasteiger partial charge in [0.1, 0.15) is 13.2 Å². The van der Waals surface area contributed by atoms with Crippen LogP contribution in [0.2, 0.25) is 0 Å². The quantitative estimate of drug-likeness (QED) is 0.505. The molecule has 0 N–H and O–H groups in total. The molecule has 0 saturated carbocycles. The molecule has 1 saturated heterocycles. The molecule has 0 bridgehead atoms. The van der Waals surface area contributed by atoms with Crippen LogP contribution in [0.4, 0.5) is 0 Å². The Morgan fingerprint density at radius 3 is 2.55 bits per heavy atom. The van der Waals surface area contributed by atoms with Crippen molar-refractivity contribution < 1.29 is 9.47 Å². The second kappa shape index (κ2) is 3.92. The minimum absolute atomic E-state index is 0.0903. The van der Waals surface area contributed by atoms with E-state index in [1.807, 2.05) is 0 Å². The highest BCUT2D eigenvalue weighted by Gasteiger charge is 2.33. The van der Waals surface area contributed by atoms with Gasteiger partial charge in [-0.1, -0.05) is 0 Å². The van der Waals surface area contributed by atoms with Crippen molar-refractivity contribution in [2.24, 2.45) is 0 Å². The Labute approximate surface area is 78.6 Å². The van der Waals surface area contributed by atoms with Crippen LogP contribution >= 0.6 is 33.2 Å². The SMILES string of the molecule is CSC1(CP)COC(=S)OC1. The molecule has 1 rings (SSSR count). The maximum atomic E-state index is 5.15. The van der Waals surface area contributed by atoms with Gasteiger partial charge in [-0.15, -0.1) is 9.24 Å². The molecule has 64 valence electrons. The second-order valence-corrected chi connectivity index (χ2v) is 4.43. The van der Waals surface area contributed by atoms with E-state index < -0.39 is 0 Å². The van der Waals surface area contributed by atoms with E-state index in [2.05, 4.69) is 15.5 Å². The monoisotopic (exact) mass is 210 g/mol. The Hall–Kier alpha value is 0.470. The van der Waals surface area contributed by atoms with Crippen LogP contribution in [0.1, 0.15) is 0 Å². The lowest BCUT2D eigenvalue weighted by molar-refractivity contribution is 0.0901. The summed E-state index contributed by atoms with van der Waals surface area (Å²) in [5, 5.41) is 0.285. The molecule has 0 aromatic heterocycles. The lowest BCUT2D eigenvalue weighted by Gasteiger charge is -2.34. The molecule has 5 heteroatoms. The van der Waals surface area contributed by atoms with E-state index in [0.717, 1.165) is 6.16 Å². The summed E-state index contributed by atoms with van der Waals surface area (Å²) in [6.45, 7) is 1.33. The van der Waals surface area contributed by atoms with Gasteiger partial charge in [0.15, 0.2) is 0 Å². The molecule has 1 heterocycles. The summed E-state index contributed by atoms with van der Waals surface area (Å²) in [4.78, 5) is 0. The number of ether oxygens (including phenoxy) is 2. The largest absolute Gasteiger partial charge is 0.455 e. The third kappa shape index (κ3) is 2.20. The summed E-state index contributed by atoms with van der Waals surface area (Å²) in [5.74, 6) is 0. The molecule has 1 aliphatic rings. The Morgan fingerprint density at radius 1 is 1.64 bits per heavy atom. The van der Waals surface area contributed by atoms with Gasteiger partial charge in [-0.2, -0.15) is 11.8 Å². The molecule has 0 amide bonds. The van der Waals surface area contributed by atoms with Crippen LogP contribution in [0, 0.1) is 0 Å². The number of hydrogen-bond acceptors (Lipinski definition) is 4. The first-order chi connectivity index (χ1) is 5.22. The molecular weight excluding hydrogens is 199 g/mol. The van der Waals surface area contributed by atoms with E-state index in [1.54, 1.807) is 11.8 Å². The highest BCUT2D eigenvalue weighted by atomic mass is 32.2. The third-order valence-electron chi connectivity index (χ3n) is 1.71. The Kier molecular flexibility index (Phi) is 3.41. The van der Waals surface area contributed by atoms with Crippen LogP contribution in [0.25, 0.3) is 0 Å². The fourth-order valence-corrected chi connectivity index (χ4v) is 2.16. The van der Waals surface area contributed by atoms with Crippen molar-refractivity contribution in [3.63, 3.8) is 0 Å². The Morgan fingerprint density at radius 2 is 2.18 bits per heavy atom. The Bertz CT molecular complexity index is 147. The van der Waals surface area contributed by atoms with E-state index in [-0.39, 0.29) is 9.98 Å². The second-order valence-electron chi connectivity index (χ2n) is 2.42.